The highest BCUT2D eigenvalue weighted by Crippen LogP contribution is 2.21. The fourth-order valence-electron chi connectivity index (χ4n) is 1.08. The van der Waals surface area contributed by atoms with E-state index in [0.29, 0.717) is 12.8 Å². The number of hydrogen-bond donors (Lipinski definition) is 0. The Hall–Kier alpha value is -0.440. The predicted octanol–water partition coefficient (Wildman–Crippen LogP) is 2.12. The molecule has 72 valence electrons. The van der Waals surface area contributed by atoms with Crippen molar-refractivity contribution in [3.63, 3.8) is 0 Å². The Labute approximate surface area is 73.1 Å². The molecular formula is C9H17FO2. The fraction of sp³-hybridized carbons (Fsp3) is 0.889. The first kappa shape index (κ1) is 11.6. The molecule has 12 heavy (non-hydrogen) atoms. The Kier molecular flexibility index (Phi) is 4.39. The van der Waals surface area contributed by atoms with Crippen LogP contribution >= 0.6 is 0 Å². The van der Waals surface area contributed by atoms with E-state index in [-0.39, 0.29) is 5.78 Å². The number of rotatable bonds is 5. The summed E-state index contributed by atoms with van der Waals surface area (Å²) >= 11 is 0. The van der Waals surface area contributed by atoms with Crippen molar-refractivity contribution in [2.75, 3.05) is 7.11 Å². The molecule has 0 aromatic rings. The van der Waals surface area contributed by atoms with E-state index >= 15 is 0 Å². The molecule has 0 aliphatic rings. The molecule has 0 heterocycles. The second-order valence-corrected chi connectivity index (χ2v) is 3.53. The highest BCUT2D eigenvalue weighted by Gasteiger charge is 2.28. The average Bonchev–Trinajstić information content (AvgIpc) is 1.85. The Bertz CT molecular complexity index is 149. The SMILES string of the molecule is COC(CCC(C)=O)C(C)(C)F. The van der Waals surface area contributed by atoms with Crippen molar-refractivity contribution in [1.29, 1.82) is 0 Å². The van der Waals surface area contributed by atoms with Crippen LogP contribution in [0.2, 0.25) is 0 Å². The molecule has 1 atom stereocenters. The molecule has 0 amide bonds. The molecule has 1 unspecified atom stereocenters. The summed E-state index contributed by atoms with van der Waals surface area (Å²) < 4.78 is 18.2. The van der Waals surface area contributed by atoms with Crippen LogP contribution in [0, 0.1) is 0 Å². The summed E-state index contributed by atoms with van der Waals surface area (Å²) in [6.45, 7) is 4.42. The van der Waals surface area contributed by atoms with Gasteiger partial charge in [-0.1, -0.05) is 0 Å². The molecule has 0 radical (unpaired) electrons. The highest BCUT2D eigenvalue weighted by molar-refractivity contribution is 5.75. The number of Topliss-reactive ketones (excluding diaryl/α,β-unsaturated/α-hetero) is 1. The van der Waals surface area contributed by atoms with Gasteiger partial charge in [0, 0.05) is 13.5 Å². The van der Waals surface area contributed by atoms with Crippen LogP contribution in [0.4, 0.5) is 4.39 Å². The van der Waals surface area contributed by atoms with Gasteiger partial charge in [0.15, 0.2) is 0 Å². The Morgan fingerprint density at radius 2 is 2.08 bits per heavy atom. The fourth-order valence-corrected chi connectivity index (χ4v) is 1.08. The standard InChI is InChI=1S/C9H17FO2/c1-7(11)5-6-8(12-4)9(2,3)10/h8H,5-6H2,1-4H3. The maximum Gasteiger partial charge on any atom is 0.131 e. The molecule has 0 aromatic heterocycles. The molecular weight excluding hydrogens is 159 g/mol. The Morgan fingerprint density at radius 3 is 2.33 bits per heavy atom. The van der Waals surface area contributed by atoms with E-state index in [4.69, 9.17) is 4.74 Å². The second kappa shape index (κ2) is 4.55. The van der Waals surface area contributed by atoms with Gasteiger partial charge < -0.3 is 9.53 Å². The summed E-state index contributed by atoms with van der Waals surface area (Å²) in [4.78, 5) is 10.6. The van der Waals surface area contributed by atoms with Crippen LogP contribution in [-0.4, -0.2) is 24.7 Å². The number of alkyl halides is 1. The lowest BCUT2D eigenvalue weighted by Gasteiger charge is -2.25. The molecule has 0 fully saturated rings. The van der Waals surface area contributed by atoms with Crippen LogP contribution in [0.5, 0.6) is 0 Å². The second-order valence-electron chi connectivity index (χ2n) is 3.53. The number of hydrogen-bond acceptors (Lipinski definition) is 2. The van der Waals surface area contributed by atoms with Gasteiger partial charge >= 0.3 is 0 Å². The number of ether oxygens (including phenoxy) is 1. The van der Waals surface area contributed by atoms with Crippen LogP contribution in [0.1, 0.15) is 33.6 Å². The number of carbonyl (C=O) groups is 1. The lowest BCUT2D eigenvalue weighted by Crippen LogP contribution is -2.33. The van der Waals surface area contributed by atoms with E-state index in [1.54, 1.807) is 0 Å². The highest BCUT2D eigenvalue weighted by atomic mass is 19.1. The number of ketones is 1. The Balaban J connectivity index is 3.92. The first-order valence-electron chi connectivity index (χ1n) is 4.09. The molecule has 0 bridgehead atoms. The van der Waals surface area contributed by atoms with E-state index in [9.17, 15) is 9.18 Å². The number of carbonyl (C=O) groups excluding carboxylic acids is 1. The molecule has 0 aliphatic heterocycles. The van der Waals surface area contributed by atoms with Crippen molar-refractivity contribution in [3.8, 4) is 0 Å². The molecule has 0 spiro atoms. The molecule has 0 aliphatic carbocycles. The summed E-state index contributed by atoms with van der Waals surface area (Å²) in [6, 6.07) is 0. The van der Waals surface area contributed by atoms with Gasteiger partial charge in [-0.15, -0.1) is 0 Å². The third-order valence-corrected chi connectivity index (χ3v) is 1.81. The molecule has 2 nitrogen and oxygen atoms in total. The van der Waals surface area contributed by atoms with E-state index < -0.39 is 11.8 Å². The van der Waals surface area contributed by atoms with Crippen LogP contribution in [0.15, 0.2) is 0 Å². The smallest absolute Gasteiger partial charge is 0.131 e. The summed E-state index contributed by atoms with van der Waals surface area (Å²) in [5.74, 6) is 0.0706. The summed E-state index contributed by atoms with van der Waals surface area (Å²) in [5, 5.41) is 0. The first-order valence-corrected chi connectivity index (χ1v) is 4.09. The van der Waals surface area contributed by atoms with Gasteiger partial charge in [0.1, 0.15) is 11.5 Å². The first-order chi connectivity index (χ1) is 5.38. The van der Waals surface area contributed by atoms with Crippen LogP contribution in [0.3, 0.4) is 0 Å². The van der Waals surface area contributed by atoms with E-state index in [1.807, 2.05) is 0 Å². The maximum absolute atomic E-state index is 13.3. The molecule has 0 saturated carbocycles. The molecule has 3 heteroatoms. The molecule has 0 aromatic carbocycles. The molecule has 0 rings (SSSR count). The largest absolute Gasteiger partial charge is 0.378 e. The van der Waals surface area contributed by atoms with Crippen molar-refractivity contribution >= 4 is 5.78 Å². The topological polar surface area (TPSA) is 26.3 Å². The van der Waals surface area contributed by atoms with Crippen molar-refractivity contribution in [1.82, 2.24) is 0 Å². The summed E-state index contributed by atoms with van der Waals surface area (Å²) in [7, 11) is 1.46. The third kappa shape index (κ3) is 4.44. The number of halogens is 1. The van der Waals surface area contributed by atoms with E-state index in [0.717, 1.165) is 0 Å². The van der Waals surface area contributed by atoms with Crippen molar-refractivity contribution in [2.45, 2.75) is 45.4 Å². The van der Waals surface area contributed by atoms with Gasteiger partial charge in [-0.2, -0.15) is 0 Å². The van der Waals surface area contributed by atoms with Crippen molar-refractivity contribution in [2.24, 2.45) is 0 Å². The van der Waals surface area contributed by atoms with E-state index in [1.165, 1.54) is 27.9 Å². The van der Waals surface area contributed by atoms with Crippen molar-refractivity contribution in [3.05, 3.63) is 0 Å². The summed E-state index contributed by atoms with van der Waals surface area (Å²) in [6.07, 6.45) is 0.350. The number of methoxy groups -OCH3 is 1. The Morgan fingerprint density at radius 1 is 1.58 bits per heavy atom. The van der Waals surface area contributed by atoms with Crippen molar-refractivity contribution < 1.29 is 13.9 Å². The zero-order valence-electron chi connectivity index (χ0n) is 8.19. The van der Waals surface area contributed by atoms with Gasteiger partial charge in [0.2, 0.25) is 0 Å². The quantitative estimate of drug-likeness (QED) is 0.641. The minimum atomic E-state index is -1.37. The summed E-state index contributed by atoms with van der Waals surface area (Å²) in [5.41, 5.74) is -1.37. The average molecular weight is 176 g/mol. The minimum absolute atomic E-state index is 0.0706. The van der Waals surface area contributed by atoms with Gasteiger partial charge in [-0.05, 0) is 27.2 Å². The van der Waals surface area contributed by atoms with Gasteiger partial charge in [0.05, 0.1) is 6.10 Å². The van der Waals surface area contributed by atoms with Crippen LogP contribution in [-0.2, 0) is 9.53 Å². The van der Waals surface area contributed by atoms with Crippen LogP contribution < -0.4 is 0 Å². The lowest BCUT2D eigenvalue weighted by molar-refractivity contribution is -0.118. The lowest BCUT2D eigenvalue weighted by atomic mass is 9.98. The van der Waals surface area contributed by atoms with Crippen LogP contribution in [0.25, 0.3) is 0 Å². The predicted molar refractivity (Wildman–Crippen MR) is 45.9 cm³/mol. The van der Waals surface area contributed by atoms with Gasteiger partial charge in [-0.25, -0.2) is 4.39 Å². The molecule has 0 saturated heterocycles. The minimum Gasteiger partial charge on any atom is -0.378 e. The zero-order chi connectivity index (χ0) is 9.78. The zero-order valence-corrected chi connectivity index (χ0v) is 8.19. The molecule has 0 N–H and O–H groups in total. The van der Waals surface area contributed by atoms with E-state index in [2.05, 4.69) is 0 Å². The normalized spacial score (nSPS) is 14.4. The third-order valence-electron chi connectivity index (χ3n) is 1.81. The van der Waals surface area contributed by atoms with Gasteiger partial charge in [0.25, 0.3) is 0 Å². The monoisotopic (exact) mass is 176 g/mol. The van der Waals surface area contributed by atoms with Gasteiger partial charge in [-0.3, -0.25) is 0 Å². The maximum atomic E-state index is 13.3.